The van der Waals surface area contributed by atoms with Gasteiger partial charge in [-0.25, -0.2) is 4.68 Å². The zero-order chi connectivity index (χ0) is 17.8. The Kier molecular flexibility index (Phi) is 5.24. The Morgan fingerprint density at radius 3 is 2.68 bits per heavy atom. The average Bonchev–Trinajstić information content (AvgIpc) is 3.00. The smallest absolute Gasteiger partial charge is 0.206 e. The fourth-order valence-electron chi connectivity index (χ4n) is 2.65. The van der Waals surface area contributed by atoms with Crippen LogP contribution in [0.4, 0.5) is 0 Å². The van der Waals surface area contributed by atoms with Crippen molar-refractivity contribution in [2.45, 2.75) is 27.7 Å². The number of nitrogens with zero attached hydrogens (tertiary/aromatic N) is 4. The SMILES string of the molecule is CCN=c1scc(-c2cc(C)c(C)cc2C)n1N=Cc1cccnc1. The number of benzene rings is 1. The molecule has 25 heavy (non-hydrogen) atoms. The second-order valence-electron chi connectivity index (χ2n) is 5.97. The van der Waals surface area contributed by atoms with Gasteiger partial charge in [0.15, 0.2) is 0 Å². The van der Waals surface area contributed by atoms with Gasteiger partial charge in [0.1, 0.15) is 0 Å². The van der Waals surface area contributed by atoms with Crippen LogP contribution in [0.15, 0.2) is 52.1 Å². The largest absolute Gasteiger partial charge is 0.264 e. The molecule has 1 aromatic carbocycles. The van der Waals surface area contributed by atoms with Gasteiger partial charge in [-0.1, -0.05) is 12.1 Å². The van der Waals surface area contributed by atoms with Crippen LogP contribution in [0, 0.1) is 20.8 Å². The third-order valence-electron chi connectivity index (χ3n) is 4.10. The third kappa shape index (κ3) is 3.77. The lowest BCUT2D eigenvalue weighted by Gasteiger charge is -2.10. The van der Waals surface area contributed by atoms with Gasteiger partial charge < -0.3 is 0 Å². The van der Waals surface area contributed by atoms with Gasteiger partial charge in [0.05, 0.1) is 11.9 Å². The molecule has 0 saturated carbocycles. The molecule has 128 valence electrons. The number of aromatic nitrogens is 2. The summed E-state index contributed by atoms with van der Waals surface area (Å²) >= 11 is 1.62. The predicted molar refractivity (Wildman–Crippen MR) is 105 cm³/mol. The van der Waals surface area contributed by atoms with Crippen molar-refractivity contribution < 1.29 is 0 Å². The molecule has 0 aliphatic rings. The van der Waals surface area contributed by atoms with Crippen LogP contribution in [0.1, 0.15) is 29.2 Å². The molecule has 2 heterocycles. The maximum atomic E-state index is 4.69. The van der Waals surface area contributed by atoms with E-state index >= 15 is 0 Å². The van der Waals surface area contributed by atoms with E-state index in [9.17, 15) is 0 Å². The van der Waals surface area contributed by atoms with E-state index in [0.29, 0.717) is 0 Å². The van der Waals surface area contributed by atoms with Gasteiger partial charge in [-0.2, -0.15) is 5.10 Å². The number of hydrogen-bond acceptors (Lipinski definition) is 4. The summed E-state index contributed by atoms with van der Waals surface area (Å²) in [7, 11) is 0. The van der Waals surface area contributed by atoms with Gasteiger partial charge in [-0.15, -0.1) is 11.3 Å². The molecule has 0 saturated heterocycles. The van der Waals surface area contributed by atoms with E-state index in [0.717, 1.165) is 22.6 Å². The number of pyridine rings is 1. The average molecular weight is 350 g/mol. The van der Waals surface area contributed by atoms with E-state index in [4.69, 9.17) is 5.10 Å². The molecule has 4 nitrogen and oxygen atoms in total. The summed E-state index contributed by atoms with van der Waals surface area (Å²) in [5, 5.41) is 6.82. The first-order valence-electron chi connectivity index (χ1n) is 8.33. The van der Waals surface area contributed by atoms with Crippen molar-refractivity contribution in [2.75, 3.05) is 6.54 Å². The maximum absolute atomic E-state index is 4.69. The second-order valence-corrected chi connectivity index (χ2v) is 6.81. The minimum absolute atomic E-state index is 0.730. The molecule has 3 aromatic rings. The summed E-state index contributed by atoms with van der Waals surface area (Å²) in [4.78, 5) is 9.62. The van der Waals surface area contributed by atoms with Crippen LogP contribution in [0.3, 0.4) is 0 Å². The lowest BCUT2D eigenvalue weighted by atomic mass is 9.99. The van der Waals surface area contributed by atoms with Crippen molar-refractivity contribution in [2.24, 2.45) is 10.1 Å². The van der Waals surface area contributed by atoms with E-state index in [2.05, 4.69) is 48.3 Å². The fraction of sp³-hybridized carbons (Fsp3) is 0.250. The first kappa shape index (κ1) is 17.3. The van der Waals surface area contributed by atoms with Crippen molar-refractivity contribution in [3.05, 3.63) is 69.1 Å². The molecule has 0 fully saturated rings. The Hall–Kier alpha value is -2.53. The van der Waals surface area contributed by atoms with Crippen molar-refractivity contribution in [1.29, 1.82) is 0 Å². The fourth-order valence-corrected chi connectivity index (χ4v) is 3.55. The third-order valence-corrected chi connectivity index (χ3v) is 4.96. The summed E-state index contributed by atoms with van der Waals surface area (Å²) in [6.07, 6.45) is 5.39. The van der Waals surface area contributed by atoms with Crippen molar-refractivity contribution >= 4 is 17.6 Å². The molecule has 0 N–H and O–H groups in total. The Morgan fingerprint density at radius 2 is 1.96 bits per heavy atom. The van der Waals surface area contributed by atoms with E-state index < -0.39 is 0 Å². The molecule has 0 aliphatic carbocycles. The summed E-state index contributed by atoms with van der Waals surface area (Å²) in [5.74, 6) is 0. The Morgan fingerprint density at radius 1 is 1.16 bits per heavy atom. The van der Waals surface area contributed by atoms with Gasteiger partial charge >= 0.3 is 0 Å². The summed E-state index contributed by atoms with van der Waals surface area (Å²) < 4.78 is 1.93. The van der Waals surface area contributed by atoms with Crippen LogP contribution in [0.25, 0.3) is 11.3 Å². The second kappa shape index (κ2) is 7.57. The minimum atomic E-state index is 0.730. The van der Waals surface area contributed by atoms with Crippen molar-refractivity contribution in [1.82, 2.24) is 9.66 Å². The highest BCUT2D eigenvalue weighted by Crippen LogP contribution is 2.27. The lowest BCUT2D eigenvalue weighted by molar-refractivity contribution is 0.832. The quantitative estimate of drug-likeness (QED) is 0.645. The van der Waals surface area contributed by atoms with Gasteiger partial charge in [-0.3, -0.25) is 9.98 Å². The maximum Gasteiger partial charge on any atom is 0.206 e. The lowest BCUT2D eigenvalue weighted by Crippen LogP contribution is -2.12. The predicted octanol–water partition coefficient (Wildman–Crippen LogP) is 4.34. The van der Waals surface area contributed by atoms with Gasteiger partial charge in [0.25, 0.3) is 0 Å². The monoisotopic (exact) mass is 350 g/mol. The first-order valence-corrected chi connectivity index (χ1v) is 9.21. The molecule has 0 bridgehead atoms. The summed E-state index contributed by atoms with van der Waals surface area (Å²) in [5.41, 5.74) is 7.06. The van der Waals surface area contributed by atoms with Gasteiger partial charge in [0, 0.05) is 35.4 Å². The molecule has 2 aromatic heterocycles. The van der Waals surface area contributed by atoms with Crippen molar-refractivity contribution in [3.8, 4) is 11.3 Å². The normalized spacial score (nSPS) is 12.2. The van der Waals surface area contributed by atoms with E-state index in [-0.39, 0.29) is 0 Å². The highest BCUT2D eigenvalue weighted by atomic mass is 32.1. The Labute approximate surface area is 152 Å². The molecule has 0 spiro atoms. The molecular formula is C20H22N4S. The van der Waals surface area contributed by atoms with Crippen LogP contribution >= 0.6 is 11.3 Å². The molecule has 0 aliphatic heterocycles. The van der Waals surface area contributed by atoms with E-state index in [1.165, 1.54) is 22.3 Å². The van der Waals surface area contributed by atoms with Crippen molar-refractivity contribution in [3.63, 3.8) is 0 Å². The summed E-state index contributed by atoms with van der Waals surface area (Å²) in [6, 6.07) is 8.36. The zero-order valence-electron chi connectivity index (χ0n) is 15.0. The highest BCUT2D eigenvalue weighted by Gasteiger charge is 2.11. The minimum Gasteiger partial charge on any atom is -0.264 e. The number of rotatable bonds is 4. The molecule has 0 radical (unpaired) electrons. The van der Waals surface area contributed by atoms with Crippen LogP contribution in [-0.2, 0) is 0 Å². The Balaban J connectivity index is 2.14. The molecule has 0 amide bonds. The molecule has 0 atom stereocenters. The molecule has 5 heteroatoms. The molecule has 3 rings (SSSR count). The number of thiazole rings is 1. The Bertz CT molecular complexity index is 965. The highest BCUT2D eigenvalue weighted by molar-refractivity contribution is 7.07. The van der Waals surface area contributed by atoms with E-state index in [1.54, 1.807) is 23.7 Å². The standard InChI is InChI=1S/C20H22N4S/c1-5-22-20-24(23-12-17-7-6-8-21-11-17)19(13-25-20)18-10-15(3)14(2)9-16(18)4/h6-13H,5H2,1-4H3. The van der Waals surface area contributed by atoms with Gasteiger partial charge in [-0.05, 0) is 56.5 Å². The summed E-state index contributed by atoms with van der Waals surface area (Å²) in [6.45, 7) is 9.20. The van der Waals surface area contributed by atoms with Crippen LogP contribution in [0.2, 0.25) is 0 Å². The number of aryl methyl sites for hydroxylation is 3. The van der Waals surface area contributed by atoms with Crippen LogP contribution in [0.5, 0.6) is 0 Å². The molecular weight excluding hydrogens is 328 g/mol. The molecule has 0 unspecified atom stereocenters. The zero-order valence-corrected chi connectivity index (χ0v) is 15.8. The van der Waals surface area contributed by atoms with Crippen LogP contribution in [-0.4, -0.2) is 22.4 Å². The van der Waals surface area contributed by atoms with E-state index in [1.807, 2.05) is 29.9 Å². The van der Waals surface area contributed by atoms with Gasteiger partial charge in [0.2, 0.25) is 4.80 Å². The first-order chi connectivity index (χ1) is 12.1. The van der Waals surface area contributed by atoms with Crippen LogP contribution < -0.4 is 4.80 Å². The number of hydrogen-bond donors (Lipinski definition) is 0. The topological polar surface area (TPSA) is 42.5 Å².